The molecule has 0 saturated carbocycles. The largest absolute Gasteiger partial charge is 0.496 e. The molecule has 0 aliphatic rings. The summed E-state index contributed by atoms with van der Waals surface area (Å²) >= 11 is 5.98. The maximum absolute atomic E-state index is 5.98. The monoisotopic (exact) mass is 248 g/mol. The van der Waals surface area contributed by atoms with E-state index in [1.807, 2.05) is 31.2 Å². The van der Waals surface area contributed by atoms with E-state index in [0.717, 1.165) is 23.4 Å². The van der Waals surface area contributed by atoms with Crippen LogP contribution in [0.1, 0.15) is 12.6 Å². The van der Waals surface area contributed by atoms with E-state index in [1.165, 1.54) is 0 Å². The Morgan fingerprint density at radius 3 is 2.71 bits per heavy atom. The van der Waals surface area contributed by atoms with Gasteiger partial charge in [0.25, 0.3) is 0 Å². The molecule has 0 N–H and O–H groups in total. The molecule has 3 nitrogen and oxygen atoms in total. The van der Waals surface area contributed by atoms with Crippen molar-refractivity contribution >= 4 is 11.6 Å². The van der Waals surface area contributed by atoms with Crippen LogP contribution >= 0.6 is 11.6 Å². The van der Waals surface area contributed by atoms with Crippen molar-refractivity contribution in [2.75, 3.05) is 7.11 Å². The van der Waals surface area contributed by atoms with Gasteiger partial charge in [0.05, 0.1) is 12.7 Å². The Bertz CT molecular complexity index is 529. The Morgan fingerprint density at radius 2 is 2.00 bits per heavy atom. The van der Waals surface area contributed by atoms with Crippen molar-refractivity contribution in [3.05, 3.63) is 41.2 Å². The number of ether oxygens (including phenoxy) is 1. The minimum absolute atomic E-state index is 0.456. The molecule has 0 fully saturated rings. The second kappa shape index (κ2) is 5.15. The lowest BCUT2D eigenvalue weighted by atomic mass is 10.2. The zero-order valence-electron chi connectivity index (χ0n) is 9.77. The van der Waals surface area contributed by atoms with Crippen LogP contribution in [-0.4, -0.2) is 17.1 Å². The maximum atomic E-state index is 5.98. The first-order valence-corrected chi connectivity index (χ1v) is 5.79. The third kappa shape index (κ3) is 2.56. The summed E-state index contributed by atoms with van der Waals surface area (Å²) in [6, 6.07) is 9.41. The zero-order chi connectivity index (χ0) is 12.3. The predicted octanol–water partition coefficient (Wildman–Crippen LogP) is 3.37. The van der Waals surface area contributed by atoms with Crippen molar-refractivity contribution in [3.63, 3.8) is 0 Å². The Morgan fingerprint density at radius 1 is 1.24 bits per heavy atom. The van der Waals surface area contributed by atoms with E-state index in [-0.39, 0.29) is 0 Å². The molecule has 1 aromatic carbocycles. The van der Waals surface area contributed by atoms with Crippen molar-refractivity contribution in [3.8, 4) is 17.1 Å². The van der Waals surface area contributed by atoms with Crippen LogP contribution in [0.25, 0.3) is 11.4 Å². The highest BCUT2D eigenvalue weighted by atomic mass is 35.5. The molecule has 17 heavy (non-hydrogen) atoms. The summed E-state index contributed by atoms with van der Waals surface area (Å²) in [6.07, 6.45) is 0.824. The van der Waals surface area contributed by atoms with Gasteiger partial charge in [-0.25, -0.2) is 9.97 Å². The van der Waals surface area contributed by atoms with Gasteiger partial charge in [-0.05, 0) is 24.6 Å². The summed E-state index contributed by atoms with van der Waals surface area (Å²) < 4.78 is 5.29. The van der Waals surface area contributed by atoms with Gasteiger partial charge in [-0.15, -0.1) is 0 Å². The van der Waals surface area contributed by atoms with Crippen LogP contribution in [0.5, 0.6) is 5.75 Å². The highest BCUT2D eigenvalue weighted by Gasteiger charge is 2.09. The fourth-order valence-corrected chi connectivity index (χ4v) is 1.80. The molecule has 0 aliphatic carbocycles. The highest BCUT2D eigenvalue weighted by Crippen LogP contribution is 2.27. The van der Waals surface area contributed by atoms with E-state index in [2.05, 4.69) is 9.97 Å². The van der Waals surface area contributed by atoms with Crippen LogP contribution in [0.3, 0.4) is 0 Å². The summed E-state index contributed by atoms with van der Waals surface area (Å²) in [5.74, 6) is 1.35. The van der Waals surface area contributed by atoms with Crippen molar-refractivity contribution in [1.82, 2.24) is 9.97 Å². The highest BCUT2D eigenvalue weighted by molar-refractivity contribution is 6.29. The van der Waals surface area contributed by atoms with Gasteiger partial charge in [-0.2, -0.15) is 0 Å². The molecule has 1 heterocycles. The minimum Gasteiger partial charge on any atom is -0.496 e. The predicted molar refractivity (Wildman–Crippen MR) is 68.4 cm³/mol. The first kappa shape index (κ1) is 11.9. The lowest BCUT2D eigenvalue weighted by molar-refractivity contribution is 0.416. The third-order valence-corrected chi connectivity index (χ3v) is 2.65. The van der Waals surface area contributed by atoms with Crippen LogP contribution in [0, 0.1) is 0 Å². The first-order chi connectivity index (χ1) is 8.24. The molecule has 4 heteroatoms. The molecule has 0 bridgehead atoms. The average molecular weight is 249 g/mol. The van der Waals surface area contributed by atoms with E-state index in [1.54, 1.807) is 13.2 Å². The summed E-state index contributed by atoms with van der Waals surface area (Å²) in [6.45, 7) is 2.03. The van der Waals surface area contributed by atoms with Crippen LogP contribution < -0.4 is 4.74 Å². The molecule has 0 unspecified atom stereocenters. The number of para-hydroxylation sites is 1. The first-order valence-electron chi connectivity index (χ1n) is 5.41. The number of hydrogen-bond acceptors (Lipinski definition) is 3. The second-order valence-electron chi connectivity index (χ2n) is 3.56. The number of benzene rings is 1. The molecule has 2 aromatic rings. The summed E-state index contributed by atoms with van der Waals surface area (Å²) in [5.41, 5.74) is 1.78. The lowest BCUT2D eigenvalue weighted by Crippen LogP contribution is -1.97. The van der Waals surface area contributed by atoms with Gasteiger partial charge in [0, 0.05) is 5.69 Å². The molecular weight excluding hydrogens is 236 g/mol. The normalized spacial score (nSPS) is 10.3. The number of rotatable bonds is 3. The van der Waals surface area contributed by atoms with E-state index >= 15 is 0 Å². The van der Waals surface area contributed by atoms with Crippen LogP contribution in [0.15, 0.2) is 30.3 Å². The smallest absolute Gasteiger partial charge is 0.164 e. The minimum atomic E-state index is 0.456. The van der Waals surface area contributed by atoms with E-state index in [4.69, 9.17) is 16.3 Å². The summed E-state index contributed by atoms with van der Waals surface area (Å²) in [7, 11) is 1.63. The zero-order valence-corrected chi connectivity index (χ0v) is 10.5. The SMILES string of the molecule is CCc1cc(Cl)nc(-c2ccccc2OC)n1. The number of hydrogen-bond donors (Lipinski definition) is 0. The molecule has 0 atom stereocenters. The van der Waals surface area contributed by atoms with E-state index in [9.17, 15) is 0 Å². The number of aromatic nitrogens is 2. The van der Waals surface area contributed by atoms with Gasteiger partial charge in [-0.1, -0.05) is 30.7 Å². The standard InChI is InChI=1S/C13H13ClN2O/c1-3-9-8-12(14)16-13(15-9)10-6-4-5-7-11(10)17-2/h4-8H,3H2,1-2H3. The van der Waals surface area contributed by atoms with Gasteiger partial charge in [0.1, 0.15) is 10.9 Å². The van der Waals surface area contributed by atoms with Crippen molar-refractivity contribution in [2.45, 2.75) is 13.3 Å². The van der Waals surface area contributed by atoms with Crippen LogP contribution in [0.4, 0.5) is 0 Å². The average Bonchev–Trinajstić information content (AvgIpc) is 2.37. The molecule has 0 spiro atoms. The molecule has 0 aliphatic heterocycles. The third-order valence-electron chi connectivity index (χ3n) is 2.46. The molecule has 1 aromatic heterocycles. The van der Waals surface area contributed by atoms with Crippen LogP contribution in [-0.2, 0) is 6.42 Å². The molecule has 88 valence electrons. The quantitative estimate of drug-likeness (QED) is 0.782. The Balaban J connectivity index is 2.55. The molecule has 0 saturated heterocycles. The van der Waals surface area contributed by atoms with E-state index in [0.29, 0.717) is 11.0 Å². The Labute approximate surface area is 105 Å². The molecule has 0 radical (unpaired) electrons. The van der Waals surface area contributed by atoms with Crippen molar-refractivity contribution < 1.29 is 4.74 Å². The van der Waals surface area contributed by atoms with Gasteiger partial charge >= 0.3 is 0 Å². The number of methoxy groups -OCH3 is 1. The summed E-state index contributed by atoms with van der Waals surface area (Å²) in [4.78, 5) is 8.69. The van der Waals surface area contributed by atoms with Crippen LogP contribution in [0.2, 0.25) is 5.15 Å². The topological polar surface area (TPSA) is 35.0 Å². The molecule has 0 amide bonds. The number of aryl methyl sites for hydroxylation is 1. The second-order valence-corrected chi connectivity index (χ2v) is 3.95. The Kier molecular flexibility index (Phi) is 3.59. The van der Waals surface area contributed by atoms with E-state index < -0.39 is 0 Å². The van der Waals surface area contributed by atoms with Gasteiger partial charge in [0.15, 0.2) is 5.82 Å². The fourth-order valence-electron chi connectivity index (χ4n) is 1.60. The van der Waals surface area contributed by atoms with Gasteiger partial charge in [-0.3, -0.25) is 0 Å². The van der Waals surface area contributed by atoms with Crippen molar-refractivity contribution in [1.29, 1.82) is 0 Å². The molecular formula is C13H13ClN2O. The van der Waals surface area contributed by atoms with Gasteiger partial charge < -0.3 is 4.74 Å². The van der Waals surface area contributed by atoms with Gasteiger partial charge in [0.2, 0.25) is 0 Å². The number of nitrogens with zero attached hydrogens (tertiary/aromatic N) is 2. The Hall–Kier alpha value is -1.61. The lowest BCUT2D eigenvalue weighted by Gasteiger charge is -2.08. The fraction of sp³-hybridized carbons (Fsp3) is 0.231. The molecule has 2 rings (SSSR count). The van der Waals surface area contributed by atoms with Crippen molar-refractivity contribution in [2.24, 2.45) is 0 Å². The summed E-state index contributed by atoms with van der Waals surface area (Å²) in [5, 5.41) is 0.456. The maximum Gasteiger partial charge on any atom is 0.164 e. The number of halogens is 1.